The number of hydrogen-bond acceptors (Lipinski definition) is 4. The Hall–Kier alpha value is -3.61. The highest BCUT2D eigenvalue weighted by atomic mass is 16.4. The molecule has 2 amide bonds. The van der Waals surface area contributed by atoms with Gasteiger partial charge in [-0.05, 0) is 29.3 Å². The molecule has 0 aliphatic carbocycles. The van der Waals surface area contributed by atoms with Crippen LogP contribution in [-0.4, -0.2) is 34.0 Å². The molecule has 0 fully saturated rings. The summed E-state index contributed by atoms with van der Waals surface area (Å²) in [5.74, 6) is -2.30. The number of carbonyl (C=O) groups excluding carboxylic acids is 2. The molecule has 2 aromatic rings. The van der Waals surface area contributed by atoms with Crippen molar-refractivity contribution in [1.82, 2.24) is 10.6 Å². The van der Waals surface area contributed by atoms with Crippen LogP contribution in [0.2, 0.25) is 0 Å². The second kappa shape index (κ2) is 9.19. The fourth-order valence-corrected chi connectivity index (χ4v) is 2.37. The molecule has 4 N–H and O–H groups in total. The summed E-state index contributed by atoms with van der Waals surface area (Å²) < 4.78 is 0. The van der Waals surface area contributed by atoms with E-state index >= 15 is 0 Å². The average Bonchev–Trinajstić information content (AvgIpc) is 2.62. The molecule has 7 nitrogen and oxygen atoms in total. The molecule has 1 atom stereocenters. The summed E-state index contributed by atoms with van der Waals surface area (Å²) in [6, 6.07) is 13.7. The maximum absolute atomic E-state index is 12.5. The molecule has 2 rings (SSSR count). The molecule has 0 saturated heterocycles. The van der Waals surface area contributed by atoms with Gasteiger partial charge in [-0.25, -0.2) is 4.79 Å². The van der Waals surface area contributed by atoms with Gasteiger partial charge in [-0.3, -0.25) is 9.59 Å². The van der Waals surface area contributed by atoms with Crippen LogP contribution in [0, 0.1) is 0 Å². The van der Waals surface area contributed by atoms with Gasteiger partial charge in [0.05, 0.1) is 0 Å². The summed E-state index contributed by atoms with van der Waals surface area (Å²) in [7, 11) is 0. The number of nitrogens with one attached hydrogen (secondary N) is 2. The van der Waals surface area contributed by atoms with Crippen LogP contribution in [0.25, 0.3) is 6.08 Å². The van der Waals surface area contributed by atoms with Gasteiger partial charge in [-0.1, -0.05) is 42.5 Å². The summed E-state index contributed by atoms with van der Waals surface area (Å²) in [5.41, 5.74) is 1.26. The molecule has 0 unspecified atom stereocenters. The van der Waals surface area contributed by atoms with Crippen LogP contribution in [0.3, 0.4) is 0 Å². The van der Waals surface area contributed by atoms with Crippen molar-refractivity contribution in [2.75, 3.05) is 0 Å². The van der Waals surface area contributed by atoms with Crippen LogP contribution < -0.4 is 10.6 Å². The van der Waals surface area contributed by atoms with Gasteiger partial charge in [-0.2, -0.15) is 0 Å². The maximum atomic E-state index is 12.5. The van der Waals surface area contributed by atoms with Crippen molar-refractivity contribution in [3.63, 3.8) is 0 Å². The normalized spacial score (nSPS) is 12.1. The minimum absolute atomic E-state index is 0.0278. The minimum atomic E-state index is -1.21. The van der Waals surface area contributed by atoms with E-state index in [0.717, 1.165) is 0 Å². The zero-order chi connectivity index (χ0) is 19.8. The molecule has 0 aliphatic rings. The number of carbonyl (C=O) groups is 3. The lowest BCUT2D eigenvalue weighted by molar-refractivity contribution is -0.141. The Labute approximate surface area is 156 Å². The predicted octanol–water partition coefficient (Wildman–Crippen LogP) is 1.68. The van der Waals surface area contributed by atoms with E-state index in [-0.39, 0.29) is 17.9 Å². The molecule has 0 radical (unpaired) electrons. The van der Waals surface area contributed by atoms with Crippen LogP contribution in [0.1, 0.15) is 18.1 Å². The van der Waals surface area contributed by atoms with Gasteiger partial charge < -0.3 is 20.8 Å². The van der Waals surface area contributed by atoms with Crippen LogP contribution in [0.15, 0.2) is 60.3 Å². The lowest BCUT2D eigenvalue weighted by Gasteiger charge is -2.16. The molecule has 2 aromatic carbocycles. The molecular weight excluding hydrogens is 348 g/mol. The Kier molecular flexibility index (Phi) is 6.71. The maximum Gasteiger partial charge on any atom is 0.326 e. The van der Waals surface area contributed by atoms with Crippen molar-refractivity contribution in [1.29, 1.82) is 0 Å². The summed E-state index contributed by atoms with van der Waals surface area (Å²) in [6.07, 6.45) is 1.50. The van der Waals surface area contributed by atoms with Crippen LogP contribution in [0.5, 0.6) is 5.75 Å². The second-order valence-electron chi connectivity index (χ2n) is 5.88. The van der Waals surface area contributed by atoms with E-state index in [0.29, 0.717) is 11.1 Å². The van der Waals surface area contributed by atoms with E-state index in [4.69, 9.17) is 0 Å². The molecule has 0 spiro atoms. The number of rotatable bonds is 7. The Morgan fingerprint density at radius 3 is 2.22 bits per heavy atom. The third-order valence-electron chi connectivity index (χ3n) is 3.65. The van der Waals surface area contributed by atoms with Gasteiger partial charge in [0.15, 0.2) is 0 Å². The second-order valence-corrected chi connectivity index (χ2v) is 5.88. The highest BCUT2D eigenvalue weighted by molar-refractivity contribution is 6.02. The summed E-state index contributed by atoms with van der Waals surface area (Å²) in [6.45, 7) is 1.26. The van der Waals surface area contributed by atoms with Gasteiger partial charge in [0.25, 0.3) is 5.91 Å². The molecule has 0 saturated carbocycles. The quantitative estimate of drug-likeness (QED) is 0.555. The molecule has 7 heteroatoms. The van der Waals surface area contributed by atoms with Crippen molar-refractivity contribution in [3.05, 3.63) is 71.4 Å². The average molecular weight is 368 g/mol. The SMILES string of the molecule is CC(=O)N/C(=C\c1ccccc1)C(=O)N[C@H](Cc1ccc(O)cc1)C(=O)O. The number of phenolic OH excluding ortho intramolecular Hbond substituents is 1. The number of carboxylic acids is 1. The monoisotopic (exact) mass is 368 g/mol. The smallest absolute Gasteiger partial charge is 0.326 e. The molecule has 0 aromatic heterocycles. The number of amides is 2. The van der Waals surface area contributed by atoms with E-state index in [1.165, 1.54) is 25.1 Å². The third kappa shape index (κ3) is 6.32. The summed E-state index contributed by atoms with van der Waals surface area (Å²) in [4.78, 5) is 35.5. The van der Waals surface area contributed by atoms with Gasteiger partial charge in [0, 0.05) is 13.3 Å². The third-order valence-corrected chi connectivity index (χ3v) is 3.65. The first-order chi connectivity index (χ1) is 12.8. The topological polar surface area (TPSA) is 116 Å². The lowest BCUT2D eigenvalue weighted by atomic mass is 10.1. The van der Waals surface area contributed by atoms with Crippen LogP contribution in [0.4, 0.5) is 0 Å². The van der Waals surface area contributed by atoms with Gasteiger partial charge in [-0.15, -0.1) is 0 Å². The standard InChI is InChI=1S/C20H20N2O5/c1-13(23)21-17(11-14-5-3-2-4-6-14)19(25)22-18(20(26)27)12-15-7-9-16(24)10-8-15/h2-11,18,24H,12H2,1H3,(H,21,23)(H,22,25)(H,26,27)/b17-11-/t18-/m1/s1. The number of carboxylic acid groups (broad SMARTS) is 1. The van der Waals surface area contributed by atoms with E-state index in [9.17, 15) is 24.6 Å². The van der Waals surface area contributed by atoms with Gasteiger partial charge in [0.2, 0.25) is 5.91 Å². The summed E-state index contributed by atoms with van der Waals surface area (Å²) in [5, 5.41) is 23.6. The number of aromatic hydroxyl groups is 1. The van der Waals surface area contributed by atoms with Crippen molar-refractivity contribution >= 4 is 23.9 Å². The fraction of sp³-hybridized carbons (Fsp3) is 0.150. The van der Waals surface area contributed by atoms with Crippen LogP contribution >= 0.6 is 0 Å². The zero-order valence-corrected chi connectivity index (χ0v) is 14.7. The fourth-order valence-electron chi connectivity index (χ4n) is 2.37. The van der Waals surface area contributed by atoms with E-state index in [1.54, 1.807) is 36.4 Å². The van der Waals surface area contributed by atoms with E-state index < -0.39 is 23.8 Å². The van der Waals surface area contributed by atoms with Gasteiger partial charge >= 0.3 is 5.97 Å². The van der Waals surface area contributed by atoms with E-state index in [2.05, 4.69) is 10.6 Å². The van der Waals surface area contributed by atoms with Crippen LogP contribution in [-0.2, 0) is 20.8 Å². The van der Waals surface area contributed by atoms with Crippen molar-refractivity contribution in [3.8, 4) is 5.75 Å². The van der Waals surface area contributed by atoms with Crippen molar-refractivity contribution in [2.45, 2.75) is 19.4 Å². The van der Waals surface area contributed by atoms with E-state index in [1.807, 2.05) is 6.07 Å². The first-order valence-corrected chi connectivity index (χ1v) is 8.21. The Morgan fingerprint density at radius 2 is 1.67 bits per heavy atom. The molecule has 0 aliphatic heterocycles. The number of benzene rings is 2. The Morgan fingerprint density at radius 1 is 1.04 bits per heavy atom. The molecule has 140 valence electrons. The lowest BCUT2D eigenvalue weighted by Crippen LogP contribution is -2.45. The minimum Gasteiger partial charge on any atom is -0.508 e. The molecule has 27 heavy (non-hydrogen) atoms. The van der Waals surface area contributed by atoms with Crippen molar-refractivity contribution < 1.29 is 24.6 Å². The highest BCUT2D eigenvalue weighted by Gasteiger charge is 2.22. The molecule has 0 bridgehead atoms. The first-order valence-electron chi connectivity index (χ1n) is 8.21. The number of aliphatic carboxylic acids is 1. The Balaban J connectivity index is 2.19. The highest BCUT2D eigenvalue weighted by Crippen LogP contribution is 2.12. The Bertz CT molecular complexity index is 844. The van der Waals surface area contributed by atoms with Gasteiger partial charge in [0.1, 0.15) is 17.5 Å². The van der Waals surface area contributed by atoms with Crippen molar-refractivity contribution in [2.24, 2.45) is 0 Å². The summed E-state index contributed by atoms with van der Waals surface area (Å²) >= 11 is 0. The zero-order valence-electron chi connectivity index (χ0n) is 14.7. The number of phenols is 1. The molecule has 0 heterocycles. The predicted molar refractivity (Wildman–Crippen MR) is 99.6 cm³/mol. The number of hydrogen-bond donors (Lipinski definition) is 4. The largest absolute Gasteiger partial charge is 0.508 e. The molecular formula is C20H20N2O5. The first kappa shape index (κ1) is 19.7.